The van der Waals surface area contributed by atoms with Gasteiger partial charge in [-0.05, 0) is 35.2 Å². The molecule has 0 bridgehead atoms. The van der Waals surface area contributed by atoms with E-state index in [1.54, 1.807) is 25.2 Å². The molecule has 0 aliphatic carbocycles. The Kier molecular flexibility index (Phi) is 5.14. The topological polar surface area (TPSA) is 73.1 Å². The van der Waals surface area contributed by atoms with E-state index < -0.39 is 5.56 Å². The quantitative estimate of drug-likeness (QED) is 0.555. The smallest absolute Gasteiger partial charge is 0.331 e. The molecule has 29 heavy (non-hydrogen) atoms. The van der Waals surface area contributed by atoms with E-state index in [0.29, 0.717) is 23.0 Å². The van der Waals surface area contributed by atoms with Crippen LogP contribution in [0.25, 0.3) is 10.9 Å². The minimum Gasteiger partial charge on any atom is -0.348 e. The number of thiophene rings is 1. The molecule has 0 aliphatic heterocycles. The maximum Gasteiger partial charge on any atom is 0.331 e. The molecule has 0 saturated heterocycles. The molecule has 7 heteroatoms. The summed E-state index contributed by atoms with van der Waals surface area (Å²) in [5.74, 6) is -0.270. The zero-order valence-corrected chi connectivity index (χ0v) is 16.6. The van der Waals surface area contributed by atoms with Crippen molar-refractivity contribution in [2.45, 2.75) is 13.1 Å². The molecule has 2 aromatic heterocycles. The fourth-order valence-corrected chi connectivity index (χ4v) is 3.93. The number of aryl methyl sites for hydroxylation is 1. The van der Waals surface area contributed by atoms with E-state index in [-0.39, 0.29) is 18.1 Å². The third kappa shape index (κ3) is 3.77. The number of aromatic nitrogens is 2. The molecule has 1 N–H and O–H groups in total. The first-order valence-electron chi connectivity index (χ1n) is 9.12. The summed E-state index contributed by atoms with van der Waals surface area (Å²) in [6.45, 7) is 0.608. The van der Waals surface area contributed by atoms with Crippen LogP contribution in [-0.2, 0) is 20.1 Å². The van der Waals surface area contributed by atoms with Gasteiger partial charge in [0.05, 0.1) is 17.4 Å². The molecule has 2 aromatic carbocycles. The van der Waals surface area contributed by atoms with Crippen LogP contribution >= 0.6 is 11.3 Å². The Hall–Kier alpha value is -3.45. The summed E-state index contributed by atoms with van der Waals surface area (Å²) in [6, 6.07) is 18.2. The normalized spacial score (nSPS) is 10.9. The van der Waals surface area contributed by atoms with Crippen LogP contribution in [-0.4, -0.2) is 15.0 Å². The number of rotatable bonds is 5. The Morgan fingerprint density at radius 1 is 1.03 bits per heavy atom. The molecule has 0 fully saturated rings. The molecule has 0 saturated carbocycles. The van der Waals surface area contributed by atoms with Crippen molar-refractivity contribution < 1.29 is 4.79 Å². The molecule has 0 spiro atoms. The first-order valence-corrected chi connectivity index (χ1v) is 10.0. The third-order valence-corrected chi connectivity index (χ3v) is 5.66. The highest BCUT2D eigenvalue weighted by Crippen LogP contribution is 2.13. The first-order chi connectivity index (χ1) is 14.0. The summed E-state index contributed by atoms with van der Waals surface area (Å²) < 4.78 is 2.65. The second-order valence-electron chi connectivity index (χ2n) is 6.71. The first kappa shape index (κ1) is 18.9. The van der Waals surface area contributed by atoms with Gasteiger partial charge in [-0.25, -0.2) is 4.79 Å². The minimum absolute atomic E-state index is 0.212. The second-order valence-corrected chi connectivity index (χ2v) is 7.74. The van der Waals surface area contributed by atoms with Crippen LogP contribution in [0.2, 0.25) is 0 Å². The zero-order chi connectivity index (χ0) is 20.4. The largest absolute Gasteiger partial charge is 0.348 e. The van der Waals surface area contributed by atoms with Crippen molar-refractivity contribution in [3.05, 3.63) is 103 Å². The average molecular weight is 405 g/mol. The molecule has 0 radical (unpaired) electrons. The predicted octanol–water partition coefficient (Wildman–Crippen LogP) is 2.74. The van der Waals surface area contributed by atoms with Crippen LogP contribution in [0.1, 0.15) is 20.8 Å². The molecular weight excluding hydrogens is 386 g/mol. The molecule has 0 atom stereocenters. The van der Waals surface area contributed by atoms with Crippen molar-refractivity contribution in [3.8, 4) is 0 Å². The molecule has 0 aliphatic rings. The fraction of sp³-hybridized carbons (Fsp3) is 0.136. The van der Waals surface area contributed by atoms with Gasteiger partial charge < -0.3 is 5.32 Å². The highest BCUT2D eigenvalue weighted by Gasteiger charge is 2.14. The lowest BCUT2D eigenvalue weighted by Gasteiger charge is -2.11. The SMILES string of the molecule is Cn1c(=O)n(Cc2cccs2)c(=O)c2cc(C(=O)NCc3ccccc3)ccc21. The molecule has 6 nitrogen and oxygen atoms in total. The molecule has 0 unspecified atom stereocenters. The van der Waals surface area contributed by atoms with Crippen LogP contribution in [0, 0.1) is 0 Å². The summed E-state index contributed by atoms with van der Waals surface area (Å²) in [5, 5.41) is 5.11. The van der Waals surface area contributed by atoms with Gasteiger partial charge >= 0.3 is 5.69 Å². The Labute approximate surface area is 170 Å². The Morgan fingerprint density at radius 2 is 1.83 bits per heavy atom. The number of amides is 1. The van der Waals surface area contributed by atoms with E-state index >= 15 is 0 Å². The minimum atomic E-state index is -0.394. The van der Waals surface area contributed by atoms with Crippen LogP contribution < -0.4 is 16.6 Å². The van der Waals surface area contributed by atoms with Gasteiger partial charge in [-0.15, -0.1) is 11.3 Å². The summed E-state index contributed by atoms with van der Waals surface area (Å²) >= 11 is 1.49. The molecular formula is C22H19N3O3S. The summed E-state index contributed by atoms with van der Waals surface area (Å²) in [6.07, 6.45) is 0. The predicted molar refractivity (Wildman–Crippen MR) is 114 cm³/mol. The van der Waals surface area contributed by atoms with E-state index in [4.69, 9.17) is 0 Å². The molecule has 1 amide bonds. The van der Waals surface area contributed by atoms with Crippen molar-refractivity contribution in [1.82, 2.24) is 14.5 Å². The summed E-state index contributed by atoms with van der Waals surface area (Å²) in [4.78, 5) is 39.2. The molecule has 4 rings (SSSR count). The van der Waals surface area contributed by atoms with Crippen molar-refractivity contribution in [2.24, 2.45) is 7.05 Å². The summed E-state index contributed by atoms with van der Waals surface area (Å²) in [7, 11) is 1.63. The Balaban J connectivity index is 1.70. The van der Waals surface area contributed by atoms with Gasteiger partial charge in [0.15, 0.2) is 0 Å². The lowest BCUT2D eigenvalue weighted by molar-refractivity contribution is 0.0951. The molecule has 4 aromatic rings. The number of carbonyl (C=O) groups excluding carboxylic acids is 1. The Bertz CT molecular complexity index is 1290. The van der Waals surface area contributed by atoms with Crippen LogP contribution in [0.4, 0.5) is 0 Å². The highest BCUT2D eigenvalue weighted by molar-refractivity contribution is 7.09. The van der Waals surface area contributed by atoms with Crippen LogP contribution in [0.5, 0.6) is 0 Å². The highest BCUT2D eigenvalue weighted by atomic mass is 32.1. The van der Waals surface area contributed by atoms with Gasteiger partial charge in [0.2, 0.25) is 0 Å². The molecule has 2 heterocycles. The number of nitrogens with one attached hydrogen (secondary N) is 1. The average Bonchev–Trinajstić information content (AvgIpc) is 3.27. The Morgan fingerprint density at radius 3 is 2.55 bits per heavy atom. The maximum absolute atomic E-state index is 13.0. The van der Waals surface area contributed by atoms with Crippen LogP contribution in [0.15, 0.2) is 75.6 Å². The van der Waals surface area contributed by atoms with Gasteiger partial charge in [0.25, 0.3) is 11.5 Å². The van der Waals surface area contributed by atoms with E-state index in [1.807, 2.05) is 47.8 Å². The monoisotopic (exact) mass is 405 g/mol. The van der Waals surface area contributed by atoms with E-state index in [0.717, 1.165) is 10.4 Å². The number of nitrogens with zero attached hydrogens (tertiary/aromatic N) is 2. The number of hydrogen-bond donors (Lipinski definition) is 1. The van der Waals surface area contributed by atoms with Gasteiger partial charge in [-0.2, -0.15) is 0 Å². The lowest BCUT2D eigenvalue weighted by atomic mass is 10.1. The van der Waals surface area contributed by atoms with Crippen molar-refractivity contribution in [1.29, 1.82) is 0 Å². The fourth-order valence-electron chi connectivity index (χ4n) is 3.24. The second kappa shape index (κ2) is 7.89. The van der Waals surface area contributed by atoms with Gasteiger partial charge in [-0.3, -0.25) is 18.7 Å². The van der Waals surface area contributed by atoms with Crippen molar-refractivity contribution in [3.63, 3.8) is 0 Å². The van der Waals surface area contributed by atoms with Gasteiger partial charge in [0, 0.05) is 24.0 Å². The van der Waals surface area contributed by atoms with E-state index in [9.17, 15) is 14.4 Å². The number of carbonyl (C=O) groups is 1. The van der Waals surface area contributed by atoms with E-state index in [2.05, 4.69) is 5.32 Å². The lowest BCUT2D eigenvalue weighted by Crippen LogP contribution is -2.39. The number of benzene rings is 2. The maximum atomic E-state index is 13.0. The number of hydrogen-bond acceptors (Lipinski definition) is 4. The van der Waals surface area contributed by atoms with Crippen LogP contribution in [0.3, 0.4) is 0 Å². The number of fused-ring (bicyclic) bond motifs is 1. The van der Waals surface area contributed by atoms with Crippen molar-refractivity contribution in [2.75, 3.05) is 0 Å². The van der Waals surface area contributed by atoms with Gasteiger partial charge in [0.1, 0.15) is 0 Å². The third-order valence-electron chi connectivity index (χ3n) is 4.80. The van der Waals surface area contributed by atoms with Crippen molar-refractivity contribution >= 4 is 28.1 Å². The van der Waals surface area contributed by atoms with E-state index in [1.165, 1.54) is 20.5 Å². The zero-order valence-electron chi connectivity index (χ0n) is 15.8. The van der Waals surface area contributed by atoms with Gasteiger partial charge in [-0.1, -0.05) is 36.4 Å². The standard InChI is InChI=1S/C22H19N3O3S/c1-24-19-10-9-16(20(26)23-13-15-6-3-2-4-7-15)12-18(19)21(27)25(22(24)28)14-17-8-5-11-29-17/h2-12H,13-14H2,1H3,(H,23,26). The summed E-state index contributed by atoms with van der Waals surface area (Å²) in [5.41, 5.74) is 1.10. The molecule has 146 valence electrons.